The predicted octanol–water partition coefficient (Wildman–Crippen LogP) is 3.76. The first kappa shape index (κ1) is 12.0. The van der Waals surface area contributed by atoms with Gasteiger partial charge in [-0.05, 0) is 24.3 Å². The first-order valence-corrected chi connectivity index (χ1v) is 6.04. The third kappa shape index (κ3) is 2.15. The van der Waals surface area contributed by atoms with Crippen molar-refractivity contribution in [2.24, 2.45) is 0 Å². The summed E-state index contributed by atoms with van der Waals surface area (Å²) in [5.74, 6) is -0.864. The van der Waals surface area contributed by atoms with E-state index in [1.807, 2.05) is 12.1 Å². The molecule has 0 saturated heterocycles. The Morgan fingerprint density at radius 2 is 2.00 bits per heavy atom. The van der Waals surface area contributed by atoms with Gasteiger partial charge in [-0.1, -0.05) is 29.8 Å². The quantitative estimate of drug-likeness (QED) is 0.850. The highest BCUT2D eigenvalue weighted by molar-refractivity contribution is 6.31. The van der Waals surface area contributed by atoms with Gasteiger partial charge in [-0.25, -0.2) is 9.18 Å². The van der Waals surface area contributed by atoms with Crippen molar-refractivity contribution in [3.63, 3.8) is 0 Å². The molecule has 0 radical (unpaired) electrons. The van der Waals surface area contributed by atoms with Crippen LogP contribution in [0.15, 0.2) is 42.5 Å². The molecular weight excluding hydrogens is 269 g/mol. The number of benzene rings is 2. The van der Waals surface area contributed by atoms with Gasteiger partial charge in [-0.2, -0.15) is 0 Å². The Labute approximate surface area is 114 Å². The Hall–Kier alpha value is -2.07. The Balaban J connectivity index is 1.89. The molecule has 0 amide bonds. The normalized spacial score (nSPS) is 16.9. The average molecular weight is 278 g/mol. The summed E-state index contributed by atoms with van der Waals surface area (Å²) in [5.41, 5.74) is 1.88. The van der Waals surface area contributed by atoms with E-state index in [2.05, 4.69) is 5.32 Å². The van der Waals surface area contributed by atoms with E-state index in [0.717, 1.165) is 5.56 Å². The molecule has 1 atom stereocenters. The monoisotopic (exact) mass is 277 g/mol. The van der Waals surface area contributed by atoms with Crippen molar-refractivity contribution in [1.29, 1.82) is 0 Å². The molecule has 0 aliphatic carbocycles. The predicted molar refractivity (Wildman–Crippen MR) is 69.6 cm³/mol. The number of rotatable bonds is 2. The Morgan fingerprint density at radius 3 is 2.79 bits per heavy atom. The average Bonchev–Trinajstić information content (AvgIpc) is 2.72. The molecule has 19 heavy (non-hydrogen) atoms. The number of carbonyl (C=O) groups is 1. The zero-order chi connectivity index (χ0) is 13.4. The summed E-state index contributed by atoms with van der Waals surface area (Å²) in [7, 11) is 0. The number of nitrogens with one attached hydrogen (secondary N) is 1. The summed E-state index contributed by atoms with van der Waals surface area (Å²) < 4.78 is 18.3. The van der Waals surface area contributed by atoms with Crippen LogP contribution in [0.4, 0.5) is 10.1 Å². The molecule has 3 rings (SSSR count). The lowest BCUT2D eigenvalue weighted by atomic mass is 10.1. The van der Waals surface area contributed by atoms with Gasteiger partial charge in [0.2, 0.25) is 6.23 Å². The van der Waals surface area contributed by atoms with Gasteiger partial charge in [0.25, 0.3) is 0 Å². The third-order valence-corrected chi connectivity index (χ3v) is 3.20. The molecule has 1 aliphatic rings. The van der Waals surface area contributed by atoms with Crippen molar-refractivity contribution < 1.29 is 13.9 Å². The Bertz CT molecular complexity index is 660. The zero-order valence-electron chi connectivity index (χ0n) is 9.69. The highest BCUT2D eigenvalue weighted by Crippen LogP contribution is 2.32. The fourth-order valence-corrected chi connectivity index (χ4v) is 2.17. The summed E-state index contributed by atoms with van der Waals surface area (Å²) in [6, 6.07) is 11.4. The maximum atomic E-state index is 13.1. The van der Waals surface area contributed by atoms with Crippen LogP contribution in [0.2, 0.25) is 5.02 Å². The van der Waals surface area contributed by atoms with Crippen LogP contribution in [-0.2, 0) is 4.74 Å². The van der Waals surface area contributed by atoms with Crippen molar-refractivity contribution in [3.05, 3.63) is 64.4 Å². The zero-order valence-corrected chi connectivity index (χ0v) is 10.4. The molecular formula is C14H9ClFNO2. The molecule has 0 spiro atoms. The lowest BCUT2D eigenvalue weighted by molar-refractivity contribution is 0.0437. The fourth-order valence-electron chi connectivity index (χ4n) is 1.99. The van der Waals surface area contributed by atoms with Gasteiger partial charge in [0.1, 0.15) is 5.82 Å². The number of carbonyl (C=O) groups excluding carboxylic acids is 1. The summed E-state index contributed by atoms with van der Waals surface area (Å²) in [5, 5.41) is 3.02. The van der Waals surface area contributed by atoms with Gasteiger partial charge < -0.3 is 10.1 Å². The molecule has 1 N–H and O–H groups in total. The molecule has 2 aromatic rings. The number of hydrogen-bond donors (Lipinski definition) is 1. The third-order valence-electron chi connectivity index (χ3n) is 2.91. The first-order chi connectivity index (χ1) is 9.15. The molecule has 1 aliphatic heterocycles. The molecule has 5 heteroatoms. The van der Waals surface area contributed by atoms with Crippen LogP contribution in [0, 0.1) is 5.82 Å². The Kier molecular flexibility index (Phi) is 2.87. The van der Waals surface area contributed by atoms with Crippen LogP contribution in [0.5, 0.6) is 0 Å². The van der Waals surface area contributed by atoms with E-state index in [1.54, 1.807) is 12.1 Å². The van der Waals surface area contributed by atoms with Gasteiger partial charge in [0, 0.05) is 11.3 Å². The molecule has 0 aromatic heterocycles. The summed E-state index contributed by atoms with van der Waals surface area (Å²) >= 11 is 5.71. The summed E-state index contributed by atoms with van der Waals surface area (Å²) in [4.78, 5) is 11.6. The standard InChI is InChI=1S/C14H9ClFNO2/c15-11-7-8(5-6-12(11)16)17-13-9-3-1-2-4-10(9)14(18)19-13/h1-7,13,17H. The number of ether oxygens (including phenoxy) is 1. The molecule has 0 saturated carbocycles. The summed E-state index contributed by atoms with van der Waals surface area (Å²) in [6.45, 7) is 0. The molecule has 0 fully saturated rings. The molecule has 0 bridgehead atoms. The second-order valence-corrected chi connectivity index (χ2v) is 4.55. The van der Waals surface area contributed by atoms with Crippen molar-refractivity contribution in [1.82, 2.24) is 0 Å². The minimum atomic E-state index is -0.578. The molecule has 96 valence electrons. The van der Waals surface area contributed by atoms with Gasteiger partial charge >= 0.3 is 5.97 Å². The van der Waals surface area contributed by atoms with E-state index in [4.69, 9.17) is 16.3 Å². The smallest absolute Gasteiger partial charge is 0.340 e. The Morgan fingerprint density at radius 1 is 1.21 bits per heavy atom. The number of anilines is 1. The van der Waals surface area contributed by atoms with E-state index < -0.39 is 12.0 Å². The minimum absolute atomic E-state index is 0.0163. The SMILES string of the molecule is O=C1OC(Nc2ccc(F)c(Cl)c2)c2ccccc21. The highest BCUT2D eigenvalue weighted by Gasteiger charge is 2.30. The van der Waals surface area contributed by atoms with Crippen molar-refractivity contribution >= 4 is 23.3 Å². The second kappa shape index (κ2) is 4.55. The summed E-state index contributed by atoms with van der Waals surface area (Å²) in [6.07, 6.45) is -0.578. The van der Waals surface area contributed by atoms with E-state index in [1.165, 1.54) is 18.2 Å². The molecule has 3 nitrogen and oxygen atoms in total. The van der Waals surface area contributed by atoms with Crippen molar-refractivity contribution in [2.75, 3.05) is 5.32 Å². The van der Waals surface area contributed by atoms with Crippen molar-refractivity contribution in [2.45, 2.75) is 6.23 Å². The van der Waals surface area contributed by atoms with Crippen LogP contribution < -0.4 is 5.32 Å². The maximum absolute atomic E-state index is 13.1. The van der Waals surface area contributed by atoms with Crippen molar-refractivity contribution in [3.8, 4) is 0 Å². The highest BCUT2D eigenvalue weighted by atomic mass is 35.5. The lowest BCUT2D eigenvalue weighted by Crippen LogP contribution is -2.10. The van der Waals surface area contributed by atoms with Gasteiger partial charge in [0.05, 0.1) is 10.6 Å². The van der Waals surface area contributed by atoms with Crippen LogP contribution >= 0.6 is 11.6 Å². The number of esters is 1. The van der Waals surface area contributed by atoms with Crippen LogP contribution in [0.1, 0.15) is 22.1 Å². The first-order valence-electron chi connectivity index (χ1n) is 5.66. The van der Waals surface area contributed by atoms with Crippen LogP contribution in [-0.4, -0.2) is 5.97 Å². The fraction of sp³-hybridized carbons (Fsp3) is 0.0714. The molecule has 1 unspecified atom stereocenters. The number of hydrogen-bond acceptors (Lipinski definition) is 3. The van der Waals surface area contributed by atoms with Gasteiger partial charge in [0.15, 0.2) is 0 Å². The largest absolute Gasteiger partial charge is 0.434 e. The van der Waals surface area contributed by atoms with E-state index in [0.29, 0.717) is 11.3 Å². The second-order valence-electron chi connectivity index (χ2n) is 4.15. The number of cyclic esters (lactones) is 1. The van der Waals surface area contributed by atoms with Crippen LogP contribution in [0.25, 0.3) is 0 Å². The topological polar surface area (TPSA) is 38.3 Å². The number of halogens is 2. The van der Waals surface area contributed by atoms with Gasteiger partial charge in [-0.15, -0.1) is 0 Å². The maximum Gasteiger partial charge on any atom is 0.340 e. The lowest BCUT2D eigenvalue weighted by Gasteiger charge is -2.14. The number of fused-ring (bicyclic) bond motifs is 1. The molecule has 2 aromatic carbocycles. The van der Waals surface area contributed by atoms with Crippen LogP contribution in [0.3, 0.4) is 0 Å². The van der Waals surface area contributed by atoms with E-state index in [-0.39, 0.29) is 11.0 Å². The van der Waals surface area contributed by atoms with Gasteiger partial charge in [-0.3, -0.25) is 0 Å². The van der Waals surface area contributed by atoms with E-state index >= 15 is 0 Å². The minimum Gasteiger partial charge on any atom is -0.434 e. The van der Waals surface area contributed by atoms with E-state index in [9.17, 15) is 9.18 Å². The molecule has 1 heterocycles.